The zero-order valence-electron chi connectivity index (χ0n) is 16.5. The van der Waals surface area contributed by atoms with Gasteiger partial charge in [0.25, 0.3) is 5.91 Å². The van der Waals surface area contributed by atoms with Crippen LogP contribution in [0.25, 0.3) is 5.69 Å². The van der Waals surface area contributed by atoms with Gasteiger partial charge in [-0.15, -0.1) is 0 Å². The lowest BCUT2D eigenvalue weighted by molar-refractivity contribution is 0.0935. The molecule has 0 aliphatic carbocycles. The zero-order chi connectivity index (χ0) is 21.1. The Morgan fingerprint density at radius 2 is 1.87 bits per heavy atom. The Labute approximate surface area is 172 Å². The van der Waals surface area contributed by atoms with Gasteiger partial charge >= 0.3 is 0 Å². The molecule has 1 N–H and O–H groups in total. The van der Waals surface area contributed by atoms with Crippen molar-refractivity contribution in [1.29, 1.82) is 0 Å². The SMILES string of the molecule is COc1ccccc1C(NC(=O)c1ccn(-c2ccccc2F)n1)c1nccn1C. The number of carbonyl (C=O) groups is 1. The number of aromatic nitrogens is 4. The minimum atomic E-state index is -0.563. The number of halogens is 1. The molecule has 2 aromatic heterocycles. The van der Waals surface area contributed by atoms with Crippen molar-refractivity contribution in [2.75, 3.05) is 7.11 Å². The molecule has 30 heavy (non-hydrogen) atoms. The van der Waals surface area contributed by atoms with Crippen LogP contribution in [0.3, 0.4) is 0 Å². The highest BCUT2D eigenvalue weighted by Crippen LogP contribution is 2.29. The predicted octanol–water partition coefficient (Wildman–Crippen LogP) is 3.27. The molecule has 4 aromatic rings. The van der Waals surface area contributed by atoms with Gasteiger partial charge in [0.2, 0.25) is 0 Å². The van der Waals surface area contributed by atoms with E-state index in [0.717, 1.165) is 5.56 Å². The molecule has 1 atom stereocenters. The number of benzene rings is 2. The Kier molecular flexibility index (Phi) is 5.30. The van der Waals surface area contributed by atoms with E-state index in [1.165, 1.54) is 10.7 Å². The Hall–Kier alpha value is -3.94. The number of hydrogen-bond acceptors (Lipinski definition) is 4. The van der Waals surface area contributed by atoms with Gasteiger partial charge in [-0.05, 0) is 24.3 Å². The minimum absolute atomic E-state index is 0.160. The van der Waals surface area contributed by atoms with Gasteiger partial charge in [-0.2, -0.15) is 5.10 Å². The van der Waals surface area contributed by atoms with Crippen LogP contribution in [0.1, 0.15) is 27.9 Å². The second kappa shape index (κ2) is 8.20. The number of ether oxygens (including phenoxy) is 1. The molecule has 0 saturated heterocycles. The molecule has 2 aromatic carbocycles. The highest BCUT2D eigenvalue weighted by atomic mass is 19.1. The third-order valence-electron chi connectivity index (χ3n) is 4.76. The fraction of sp³-hybridized carbons (Fsp3) is 0.136. The number of imidazole rings is 1. The first-order chi connectivity index (χ1) is 14.6. The van der Waals surface area contributed by atoms with Crippen molar-refractivity contribution < 1.29 is 13.9 Å². The van der Waals surface area contributed by atoms with Crippen molar-refractivity contribution in [2.24, 2.45) is 7.05 Å². The van der Waals surface area contributed by atoms with E-state index in [1.807, 2.05) is 35.9 Å². The number of nitrogens with zero attached hydrogens (tertiary/aromatic N) is 4. The molecule has 0 radical (unpaired) electrons. The summed E-state index contributed by atoms with van der Waals surface area (Å²) in [6.07, 6.45) is 5.01. The quantitative estimate of drug-likeness (QED) is 0.534. The Bertz CT molecular complexity index is 1180. The molecule has 0 spiro atoms. The highest BCUT2D eigenvalue weighted by Gasteiger charge is 2.25. The van der Waals surface area contributed by atoms with E-state index in [9.17, 15) is 9.18 Å². The van der Waals surface area contributed by atoms with E-state index in [-0.39, 0.29) is 11.4 Å². The maximum Gasteiger partial charge on any atom is 0.272 e. The molecule has 4 rings (SSSR count). The fourth-order valence-corrected chi connectivity index (χ4v) is 3.26. The van der Waals surface area contributed by atoms with Gasteiger partial charge in [0, 0.05) is 31.2 Å². The molecule has 0 saturated carbocycles. The molecule has 0 aliphatic rings. The molecule has 2 heterocycles. The molecule has 1 amide bonds. The van der Waals surface area contributed by atoms with Crippen molar-refractivity contribution in [3.63, 3.8) is 0 Å². The summed E-state index contributed by atoms with van der Waals surface area (Å²) in [5, 5.41) is 7.22. The molecule has 0 aliphatic heterocycles. The van der Waals surface area contributed by atoms with Crippen molar-refractivity contribution in [3.8, 4) is 11.4 Å². The van der Waals surface area contributed by atoms with Gasteiger partial charge in [-0.1, -0.05) is 30.3 Å². The van der Waals surface area contributed by atoms with Gasteiger partial charge in [0.1, 0.15) is 29.1 Å². The lowest BCUT2D eigenvalue weighted by Gasteiger charge is -2.20. The van der Waals surface area contributed by atoms with Gasteiger partial charge in [0.05, 0.1) is 7.11 Å². The number of rotatable bonds is 6. The molecule has 0 bridgehead atoms. The molecule has 152 valence electrons. The smallest absolute Gasteiger partial charge is 0.272 e. The molecular formula is C22H20FN5O2. The average molecular weight is 405 g/mol. The van der Waals surface area contributed by atoms with Crippen LogP contribution in [0.15, 0.2) is 73.2 Å². The number of nitrogens with one attached hydrogen (secondary N) is 1. The summed E-state index contributed by atoms with van der Waals surface area (Å²) in [5.41, 5.74) is 1.19. The second-order valence-electron chi connectivity index (χ2n) is 6.64. The first-order valence-electron chi connectivity index (χ1n) is 9.30. The monoisotopic (exact) mass is 405 g/mol. The fourth-order valence-electron chi connectivity index (χ4n) is 3.26. The number of amides is 1. The van der Waals surface area contributed by atoms with E-state index in [0.29, 0.717) is 11.6 Å². The number of methoxy groups -OCH3 is 1. The van der Waals surface area contributed by atoms with Gasteiger partial charge in [0.15, 0.2) is 5.69 Å². The number of aryl methyl sites for hydroxylation is 1. The van der Waals surface area contributed by atoms with Crippen LogP contribution in [-0.2, 0) is 7.05 Å². The summed E-state index contributed by atoms with van der Waals surface area (Å²) in [5.74, 6) is 0.431. The van der Waals surface area contributed by atoms with E-state index in [1.54, 1.807) is 50.0 Å². The normalized spacial score (nSPS) is 11.8. The first kappa shape index (κ1) is 19.4. The van der Waals surface area contributed by atoms with E-state index in [4.69, 9.17) is 4.74 Å². The summed E-state index contributed by atoms with van der Waals surface area (Å²) >= 11 is 0. The highest BCUT2D eigenvalue weighted by molar-refractivity contribution is 5.92. The average Bonchev–Trinajstić information content (AvgIpc) is 3.42. The van der Waals surface area contributed by atoms with E-state index in [2.05, 4.69) is 15.4 Å². The third kappa shape index (κ3) is 3.67. The van der Waals surface area contributed by atoms with Gasteiger partial charge < -0.3 is 14.6 Å². The maximum atomic E-state index is 14.0. The lowest BCUT2D eigenvalue weighted by Crippen LogP contribution is -2.31. The van der Waals surface area contributed by atoms with Gasteiger partial charge in [-0.25, -0.2) is 14.1 Å². The van der Waals surface area contributed by atoms with Crippen molar-refractivity contribution >= 4 is 5.91 Å². The minimum Gasteiger partial charge on any atom is -0.496 e. The number of carbonyl (C=O) groups excluding carboxylic acids is 1. The van der Waals surface area contributed by atoms with Crippen LogP contribution in [0.2, 0.25) is 0 Å². The van der Waals surface area contributed by atoms with Crippen LogP contribution in [0, 0.1) is 5.82 Å². The Morgan fingerprint density at radius 3 is 2.60 bits per heavy atom. The van der Waals surface area contributed by atoms with Crippen LogP contribution < -0.4 is 10.1 Å². The predicted molar refractivity (Wildman–Crippen MR) is 109 cm³/mol. The van der Waals surface area contributed by atoms with E-state index < -0.39 is 17.8 Å². The van der Waals surface area contributed by atoms with Crippen LogP contribution in [0.4, 0.5) is 4.39 Å². The van der Waals surface area contributed by atoms with Gasteiger partial charge in [-0.3, -0.25) is 4.79 Å². The summed E-state index contributed by atoms with van der Waals surface area (Å²) in [4.78, 5) is 17.4. The second-order valence-corrected chi connectivity index (χ2v) is 6.64. The number of hydrogen-bond donors (Lipinski definition) is 1. The summed E-state index contributed by atoms with van der Waals surface area (Å²) in [6.45, 7) is 0. The van der Waals surface area contributed by atoms with Crippen LogP contribution in [-0.4, -0.2) is 32.3 Å². The third-order valence-corrected chi connectivity index (χ3v) is 4.76. The summed E-state index contributed by atoms with van der Waals surface area (Å²) in [6, 6.07) is 14.6. The van der Waals surface area contributed by atoms with Crippen molar-refractivity contribution in [3.05, 3.63) is 96.1 Å². The standard InChI is InChI=1S/C22H20FN5O2/c1-27-14-12-24-21(27)20(15-7-3-6-10-19(15)30-2)25-22(29)17-11-13-28(26-17)18-9-5-4-8-16(18)23/h3-14,20H,1-2H3,(H,25,29). The first-order valence-corrected chi connectivity index (χ1v) is 9.30. The zero-order valence-corrected chi connectivity index (χ0v) is 16.5. The maximum absolute atomic E-state index is 14.0. The van der Waals surface area contributed by atoms with Crippen molar-refractivity contribution in [2.45, 2.75) is 6.04 Å². The molecular weight excluding hydrogens is 385 g/mol. The molecule has 0 fully saturated rings. The topological polar surface area (TPSA) is 74.0 Å². The summed E-state index contributed by atoms with van der Waals surface area (Å²) < 4.78 is 22.7. The lowest BCUT2D eigenvalue weighted by atomic mass is 10.0. The van der Waals surface area contributed by atoms with Crippen LogP contribution >= 0.6 is 0 Å². The van der Waals surface area contributed by atoms with Crippen LogP contribution in [0.5, 0.6) is 5.75 Å². The summed E-state index contributed by atoms with van der Waals surface area (Å²) in [7, 11) is 3.43. The largest absolute Gasteiger partial charge is 0.496 e. The van der Waals surface area contributed by atoms with Crippen molar-refractivity contribution in [1.82, 2.24) is 24.6 Å². The van der Waals surface area contributed by atoms with E-state index >= 15 is 0 Å². The molecule has 1 unspecified atom stereocenters. The Morgan fingerprint density at radius 1 is 1.10 bits per heavy atom. The number of para-hydroxylation sites is 2. The molecule has 7 nitrogen and oxygen atoms in total. The molecule has 8 heteroatoms. The Balaban J connectivity index is 1.67.